The normalized spacial score (nSPS) is 25.4. The van der Waals surface area contributed by atoms with E-state index in [2.05, 4.69) is 58.2 Å². The number of aryl methyl sites for hydroxylation is 1. The first kappa shape index (κ1) is 14.4. The Morgan fingerprint density at radius 1 is 1.35 bits per heavy atom. The van der Waals surface area contributed by atoms with Crippen LogP contribution in [0.4, 0.5) is 5.69 Å². The number of halogens is 1. The summed E-state index contributed by atoms with van der Waals surface area (Å²) in [5.41, 5.74) is 3.08. The summed E-state index contributed by atoms with van der Waals surface area (Å²) in [6, 6.07) is 7.25. The number of piperazine rings is 1. The smallest absolute Gasteiger partial charge is 0.0516 e. The highest BCUT2D eigenvalue weighted by Crippen LogP contribution is 2.38. The molecule has 1 saturated carbocycles. The van der Waals surface area contributed by atoms with E-state index in [1.807, 2.05) is 0 Å². The molecule has 3 heteroatoms. The van der Waals surface area contributed by atoms with Crippen molar-refractivity contribution in [3.8, 4) is 0 Å². The highest BCUT2D eigenvalue weighted by atomic mass is 79.9. The first-order valence-corrected chi connectivity index (χ1v) is 8.71. The minimum atomic E-state index is 0.370. The van der Waals surface area contributed by atoms with E-state index in [0.29, 0.717) is 11.6 Å². The number of hydrogen-bond donors (Lipinski definition) is 1. The van der Waals surface area contributed by atoms with Crippen LogP contribution in [-0.4, -0.2) is 24.7 Å². The summed E-state index contributed by atoms with van der Waals surface area (Å²) in [4.78, 5) is 2.65. The summed E-state index contributed by atoms with van der Waals surface area (Å²) in [7, 11) is 0. The Kier molecular flexibility index (Phi) is 4.09. The molecule has 110 valence electrons. The Bertz CT molecular complexity index is 480. The van der Waals surface area contributed by atoms with Gasteiger partial charge in [-0.1, -0.05) is 31.9 Å². The van der Waals surface area contributed by atoms with Gasteiger partial charge in [0.05, 0.1) is 5.69 Å². The summed E-state index contributed by atoms with van der Waals surface area (Å²) in [5.74, 6) is 0. The van der Waals surface area contributed by atoms with Gasteiger partial charge in [-0.2, -0.15) is 0 Å². The molecule has 1 saturated heterocycles. The SMILES string of the molecule is CCC1CNC2(CCCC2)CN1c1cccc(C)c1Br. The Labute approximate surface area is 131 Å². The molecule has 20 heavy (non-hydrogen) atoms. The van der Waals surface area contributed by atoms with Gasteiger partial charge in [0.25, 0.3) is 0 Å². The molecule has 1 unspecified atom stereocenters. The van der Waals surface area contributed by atoms with Crippen molar-refractivity contribution in [2.24, 2.45) is 0 Å². The zero-order valence-electron chi connectivity index (χ0n) is 12.6. The molecular formula is C17H25BrN2. The van der Waals surface area contributed by atoms with Crippen molar-refractivity contribution in [2.75, 3.05) is 18.0 Å². The molecule has 1 aliphatic heterocycles. The summed E-state index contributed by atoms with van der Waals surface area (Å²) < 4.78 is 1.27. The molecule has 0 amide bonds. The molecule has 2 fully saturated rings. The molecule has 1 aromatic carbocycles. The monoisotopic (exact) mass is 336 g/mol. The molecule has 3 rings (SSSR count). The second-order valence-electron chi connectivity index (χ2n) is 6.47. The maximum absolute atomic E-state index is 3.87. The van der Waals surface area contributed by atoms with Crippen LogP contribution in [0, 0.1) is 6.92 Å². The van der Waals surface area contributed by atoms with Gasteiger partial charge in [0.2, 0.25) is 0 Å². The summed E-state index contributed by atoms with van der Waals surface area (Å²) in [6.45, 7) is 6.77. The van der Waals surface area contributed by atoms with Crippen LogP contribution in [0.3, 0.4) is 0 Å². The van der Waals surface area contributed by atoms with Gasteiger partial charge in [0.15, 0.2) is 0 Å². The van der Waals surface area contributed by atoms with Gasteiger partial charge in [-0.3, -0.25) is 0 Å². The minimum Gasteiger partial charge on any atom is -0.365 e. The second kappa shape index (κ2) is 5.69. The number of hydrogen-bond acceptors (Lipinski definition) is 2. The fourth-order valence-electron chi connectivity index (χ4n) is 3.84. The van der Waals surface area contributed by atoms with Crippen molar-refractivity contribution in [3.05, 3.63) is 28.2 Å². The van der Waals surface area contributed by atoms with E-state index in [9.17, 15) is 0 Å². The third kappa shape index (κ3) is 2.50. The van der Waals surface area contributed by atoms with Crippen molar-refractivity contribution in [3.63, 3.8) is 0 Å². The number of rotatable bonds is 2. The Balaban J connectivity index is 1.92. The van der Waals surface area contributed by atoms with Gasteiger partial charge in [-0.15, -0.1) is 0 Å². The van der Waals surface area contributed by atoms with Gasteiger partial charge >= 0.3 is 0 Å². The van der Waals surface area contributed by atoms with Gasteiger partial charge < -0.3 is 10.2 Å². The highest BCUT2D eigenvalue weighted by Gasteiger charge is 2.41. The van der Waals surface area contributed by atoms with Crippen LogP contribution in [0.15, 0.2) is 22.7 Å². The zero-order chi connectivity index (χ0) is 14.2. The van der Waals surface area contributed by atoms with Crippen LogP contribution in [-0.2, 0) is 0 Å². The second-order valence-corrected chi connectivity index (χ2v) is 7.26. The molecule has 0 radical (unpaired) electrons. The van der Waals surface area contributed by atoms with E-state index in [4.69, 9.17) is 0 Å². The topological polar surface area (TPSA) is 15.3 Å². The van der Waals surface area contributed by atoms with Gasteiger partial charge in [0, 0.05) is 29.1 Å². The van der Waals surface area contributed by atoms with E-state index < -0.39 is 0 Å². The van der Waals surface area contributed by atoms with E-state index in [-0.39, 0.29) is 0 Å². The molecule has 1 aliphatic carbocycles. The molecule has 0 bridgehead atoms. The van der Waals surface area contributed by atoms with E-state index in [1.165, 1.54) is 47.8 Å². The number of nitrogens with zero attached hydrogens (tertiary/aromatic N) is 1. The number of nitrogens with one attached hydrogen (secondary N) is 1. The predicted molar refractivity (Wildman–Crippen MR) is 89.5 cm³/mol. The van der Waals surface area contributed by atoms with E-state index in [0.717, 1.165) is 13.1 Å². The quantitative estimate of drug-likeness (QED) is 0.867. The first-order chi connectivity index (χ1) is 9.65. The molecule has 1 spiro atoms. The average Bonchev–Trinajstić information content (AvgIpc) is 2.90. The van der Waals surface area contributed by atoms with Crippen molar-refractivity contribution >= 4 is 21.6 Å². The van der Waals surface area contributed by atoms with E-state index >= 15 is 0 Å². The zero-order valence-corrected chi connectivity index (χ0v) is 14.2. The third-order valence-electron chi connectivity index (χ3n) is 5.14. The molecular weight excluding hydrogens is 312 g/mol. The summed E-state index contributed by atoms with van der Waals surface area (Å²) in [6.07, 6.45) is 6.63. The van der Waals surface area contributed by atoms with Crippen molar-refractivity contribution in [2.45, 2.75) is 57.5 Å². The van der Waals surface area contributed by atoms with Gasteiger partial charge in [-0.25, -0.2) is 0 Å². The average molecular weight is 337 g/mol. The van der Waals surface area contributed by atoms with Crippen LogP contribution in [0.2, 0.25) is 0 Å². The lowest BCUT2D eigenvalue weighted by molar-refractivity contribution is 0.267. The molecule has 1 aromatic rings. The van der Waals surface area contributed by atoms with Crippen LogP contribution in [0.1, 0.15) is 44.6 Å². The third-order valence-corrected chi connectivity index (χ3v) is 6.17. The molecule has 2 nitrogen and oxygen atoms in total. The Hall–Kier alpha value is -0.540. The summed E-state index contributed by atoms with van der Waals surface area (Å²) >= 11 is 3.81. The van der Waals surface area contributed by atoms with Crippen LogP contribution in [0.25, 0.3) is 0 Å². The lowest BCUT2D eigenvalue weighted by atomic mass is 9.91. The highest BCUT2D eigenvalue weighted by molar-refractivity contribution is 9.10. The van der Waals surface area contributed by atoms with Crippen molar-refractivity contribution in [1.82, 2.24) is 5.32 Å². The van der Waals surface area contributed by atoms with Crippen LogP contribution >= 0.6 is 15.9 Å². The predicted octanol–water partition coefficient (Wildman–Crippen LogP) is 4.26. The van der Waals surface area contributed by atoms with Crippen LogP contribution < -0.4 is 10.2 Å². The lowest BCUT2D eigenvalue weighted by Gasteiger charge is -2.48. The Morgan fingerprint density at radius 2 is 2.10 bits per heavy atom. The maximum Gasteiger partial charge on any atom is 0.0516 e. The minimum absolute atomic E-state index is 0.370. The molecule has 2 aliphatic rings. The largest absolute Gasteiger partial charge is 0.365 e. The number of anilines is 1. The Morgan fingerprint density at radius 3 is 2.80 bits per heavy atom. The molecule has 1 heterocycles. The molecule has 1 N–H and O–H groups in total. The lowest BCUT2D eigenvalue weighted by Crippen LogP contribution is -2.63. The fourth-order valence-corrected chi connectivity index (χ4v) is 4.33. The van der Waals surface area contributed by atoms with Crippen LogP contribution in [0.5, 0.6) is 0 Å². The first-order valence-electron chi connectivity index (χ1n) is 7.92. The molecule has 0 aromatic heterocycles. The number of benzene rings is 1. The van der Waals surface area contributed by atoms with Crippen molar-refractivity contribution < 1.29 is 0 Å². The van der Waals surface area contributed by atoms with Crippen molar-refractivity contribution in [1.29, 1.82) is 0 Å². The molecule has 1 atom stereocenters. The standard InChI is InChI=1S/C17H25BrN2/c1-3-14-11-19-17(9-4-5-10-17)12-20(14)15-8-6-7-13(2)16(15)18/h6-8,14,19H,3-5,9-12H2,1-2H3. The van der Waals surface area contributed by atoms with Gasteiger partial charge in [-0.05, 0) is 53.7 Å². The van der Waals surface area contributed by atoms with E-state index in [1.54, 1.807) is 0 Å². The maximum atomic E-state index is 3.87. The van der Waals surface area contributed by atoms with Gasteiger partial charge in [0.1, 0.15) is 0 Å². The fraction of sp³-hybridized carbons (Fsp3) is 0.647. The summed E-state index contributed by atoms with van der Waals surface area (Å²) in [5, 5.41) is 3.87.